The predicted molar refractivity (Wildman–Crippen MR) is 58.3 cm³/mol. The molecule has 0 saturated heterocycles. The summed E-state index contributed by atoms with van der Waals surface area (Å²) >= 11 is 1.39. The third-order valence-electron chi connectivity index (χ3n) is 1.92. The fourth-order valence-corrected chi connectivity index (χ4v) is 1.97. The average molecular weight is 227 g/mol. The molecule has 0 aliphatic rings. The fraction of sp³-hybridized carbons (Fsp3) is 0.400. The Morgan fingerprint density at radius 1 is 1.53 bits per heavy atom. The lowest BCUT2D eigenvalue weighted by Gasteiger charge is -2.02. The van der Waals surface area contributed by atoms with Gasteiger partial charge in [0.05, 0.1) is 4.88 Å². The summed E-state index contributed by atoms with van der Waals surface area (Å²) < 4.78 is 0. The molecule has 0 fully saturated rings. The van der Waals surface area contributed by atoms with E-state index in [4.69, 9.17) is 5.11 Å². The van der Waals surface area contributed by atoms with Gasteiger partial charge in [0.2, 0.25) is 0 Å². The molecule has 1 amide bonds. The summed E-state index contributed by atoms with van der Waals surface area (Å²) in [4.78, 5) is 22.4. The Bertz CT molecular complexity index is 359. The number of amides is 1. The molecule has 2 N–H and O–H groups in total. The Labute approximate surface area is 91.9 Å². The highest BCUT2D eigenvalue weighted by atomic mass is 32.1. The zero-order chi connectivity index (χ0) is 11.3. The SMILES string of the molecule is Cc1ccsc1C(=O)NCCCC(=O)O. The summed E-state index contributed by atoms with van der Waals surface area (Å²) in [5.74, 6) is -0.954. The topological polar surface area (TPSA) is 66.4 Å². The molecule has 1 aromatic heterocycles. The smallest absolute Gasteiger partial charge is 0.303 e. The summed E-state index contributed by atoms with van der Waals surface area (Å²) in [6.45, 7) is 2.28. The Balaban J connectivity index is 2.31. The van der Waals surface area contributed by atoms with E-state index in [9.17, 15) is 9.59 Å². The quantitative estimate of drug-likeness (QED) is 0.752. The van der Waals surface area contributed by atoms with Crippen LogP contribution in [-0.4, -0.2) is 23.5 Å². The maximum Gasteiger partial charge on any atom is 0.303 e. The van der Waals surface area contributed by atoms with Gasteiger partial charge < -0.3 is 10.4 Å². The van der Waals surface area contributed by atoms with Crippen LogP contribution < -0.4 is 5.32 Å². The first kappa shape index (κ1) is 11.7. The fourth-order valence-electron chi connectivity index (χ4n) is 1.13. The first-order valence-electron chi connectivity index (χ1n) is 4.65. The lowest BCUT2D eigenvalue weighted by atomic mass is 10.2. The summed E-state index contributed by atoms with van der Waals surface area (Å²) in [5, 5.41) is 12.9. The number of hydrogen-bond acceptors (Lipinski definition) is 3. The molecular formula is C10H13NO3S. The number of carboxylic acid groups (broad SMARTS) is 1. The first-order chi connectivity index (χ1) is 7.11. The van der Waals surface area contributed by atoms with Crippen LogP contribution in [0.4, 0.5) is 0 Å². The van der Waals surface area contributed by atoms with Crippen molar-refractivity contribution in [3.8, 4) is 0 Å². The second kappa shape index (κ2) is 5.50. The molecule has 1 heterocycles. The van der Waals surface area contributed by atoms with E-state index in [2.05, 4.69) is 5.32 Å². The van der Waals surface area contributed by atoms with Crippen molar-refractivity contribution in [1.29, 1.82) is 0 Å². The van der Waals surface area contributed by atoms with Gasteiger partial charge in [-0.2, -0.15) is 0 Å². The number of aryl methyl sites for hydroxylation is 1. The van der Waals surface area contributed by atoms with Gasteiger partial charge >= 0.3 is 5.97 Å². The lowest BCUT2D eigenvalue weighted by Crippen LogP contribution is -2.24. The number of rotatable bonds is 5. The standard InChI is InChI=1S/C10H13NO3S/c1-7-4-6-15-9(7)10(14)11-5-2-3-8(12)13/h4,6H,2-3,5H2,1H3,(H,11,14)(H,12,13). The van der Waals surface area contributed by atoms with Gasteiger partial charge in [-0.05, 0) is 30.4 Å². The Morgan fingerprint density at radius 2 is 2.27 bits per heavy atom. The van der Waals surface area contributed by atoms with Crippen LogP contribution in [-0.2, 0) is 4.79 Å². The molecule has 1 aromatic rings. The number of carbonyl (C=O) groups excluding carboxylic acids is 1. The second-order valence-electron chi connectivity index (χ2n) is 3.19. The van der Waals surface area contributed by atoms with E-state index in [1.54, 1.807) is 0 Å². The summed E-state index contributed by atoms with van der Waals surface area (Å²) in [5.41, 5.74) is 0.954. The molecule has 82 valence electrons. The number of thiophene rings is 1. The minimum atomic E-state index is -0.837. The average Bonchev–Trinajstić information content (AvgIpc) is 2.58. The van der Waals surface area contributed by atoms with Gasteiger partial charge in [-0.1, -0.05) is 0 Å². The van der Waals surface area contributed by atoms with Crippen LogP contribution in [0.15, 0.2) is 11.4 Å². The number of aliphatic carboxylic acids is 1. The van der Waals surface area contributed by atoms with Gasteiger partial charge in [0.1, 0.15) is 0 Å². The van der Waals surface area contributed by atoms with Gasteiger partial charge in [-0.3, -0.25) is 9.59 Å². The van der Waals surface area contributed by atoms with Crippen molar-refractivity contribution >= 4 is 23.2 Å². The van der Waals surface area contributed by atoms with Crippen molar-refractivity contribution in [1.82, 2.24) is 5.32 Å². The van der Waals surface area contributed by atoms with E-state index in [1.807, 2.05) is 18.4 Å². The summed E-state index contributed by atoms with van der Waals surface area (Å²) in [6.07, 6.45) is 0.551. The maximum absolute atomic E-state index is 11.5. The molecule has 0 aliphatic heterocycles. The number of carbonyl (C=O) groups is 2. The molecule has 0 bridgehead atoms. The van der Waals surface area contributed by atoms with E-state index in [1.165, 1.54) is 11.3 Å². The first-order valence-corrected chi connectivity index (χ1v) is 5.53. The van der Waals surface area contributed by atoms with Gasteiger partial charge in [0, 0.05) is 13.0 Å². The number of carboxylic acids is 1. The third-order valence-corrected chi connectivity index (χ3v) is 2.94. The second-order valence-corrected chi connectivity index (χ2v) is 4.10. The van der Waals surface area contributed by atoms with Crippen molar-refractivity contribution in [2.75, 3.05) is 6.54 Å². The zero-order valence-electron chi connectivity index (χ0n) is 8.45. The van der Waals surface area contributed by atoms with Crippen molar-refractivity contribution in [3.63, 3.8) is 0 Å². The summed E-state index contributed by atoms with van der Waals surface area (Å²) in [7, 11) is 0. The van der Waals surface area contributed by atoms with E-state index in [0.717, 1.165) is 5.56 Å². The number of hydrogen-bond donors (Lipinski definition) is 2. The molecule has 0 aromatic carbocycles. The van der Waals surface area contributed by atoms with Crippen molar-refractivity contribution in [2.45, 2.75) is 19.8 Å². The van der Waals surface area contributed by atoms with Crippen molar-refractivity contribution < 1.29 is 14.7 Å². The van der Waals surface area contributed by atoms with E-state index < -0.39 is 5.97 Å². The van der Waals surface area contributed by atoms with Gasteiger partial charge in [0.15, 0.2) is 0 Å². The molecular weight excluding hydrogens is 214 g/mol. The molecule has 0 radical (unpaired) electrons. The van der Waals surface area contributed by atoms with Crippen LogP contribution in [0.3, 0.4) is 0 Å². The van der Waals surface area contributed by atoms with E-state index in [-0.39, 0.29) is 12.3 Å². The molecule has 1 rings (SSSR count). The molecule has 0 unspecified atom stereocenters. The van der Waals surface area contributed by atoms with Crippen molar-refractivity contribution in [2.24, 2.45) is 0 Å². The molecule has 0 spiro atoms. The zero-order valence-corrected chi connectivity index (χ0v) is 9.26. The highest BCUT2D eigenvalue weighted by Gasteiger charge is 2.09. The number of nitrogens with one attached hydrogen (secondary N) is 1. The van der Waals surface area contributed by atoms with Gasteiger partial charge in [-0.25, -0.2) is 0 Å². The normalized spacial score (nSPS) is 9.93. The largest absolute Gasteiger partial charge is 0.481 e. The molecule has 0 saturated carbocycles. The van der Waals surface area contributed by atoms with Gasteiger partial charge in [0.25, 0.3) is 5.91 Å². The van der Waals surface area contributed by atoms with Gasteiger partial charge in [-0.15, -0.1) is 11.3 Å². The minimum Gasteiger partial charge on any atom is -0.481 e. The predicted octanol–water partition coefficient (Wildman–Crippen LogP) is 1.65. The van der Waals surface area contributed by atoms with Crippen LogP contribution in [0, 0.1) is 6.92 Å². The molecule has 4 nitrogen and oxygen atoms in total. The van der Waals surface area contributed by atoms with Crippen LogP contribution >= 0.6 is 11.3 Å². The third kappa shape index (κ3) is 3.71. The lowest BCUT2D eigenvalue weighted by molar-refractivity contribution is -0.137. The molecule has 0 aliphatic carbocycles. The Kier molecular flexibility index (Phi) is 4.30. The van der Waals surface area contributed by atoms with Crippen LogP contribution in [0.2, 0.25) is 0 Å². The highest BCUT2D eigenvalue weighted by Crippen LogP contribution is 2.14. The van der Waals surface area contributed by atoms with Crippen molar-refractivity contribution in [3.05, 3.63) is 21.9 Å². The highest BCUT2D eigenvalue weighted by molar-refractivity contribution is 7.12. The summed E-state index contributed by atoms with van der Waals surface area (Å²) in [6, 6.07) is 1.89. The molecule has 5 heteroatoms. The van der Waals surface area contributed by atoms with E-state index >= 15 is 0 Å². The van der Waals surface area contributed by atoms with Crippen LogP contribution in [0.25, 0.3) is 0 Å². The Hall–Kier alpha value is -1.36. The minimum absolute atomic E-state index is 0.0870. The monoisotopic (exact) mass is 227 g/mol. The van der Waals surface area contributed by atoms with Crippen LogP contribution in [0.5, 0.6) is 0 Å². The molecule has 15 heavy (non-hydrogen) atoms. The Morgan fingerprint density at radius 3 is 2.80 bits per heavy atom. The maximum atomic E-state index is 11.5. The van der Waals surface area contributed by atoms with E-state index in [0.29, 0.717) is 17.8 Å². The van der Waals surface area contributed by atoms with Crippen LogP contribution in [0.1, 0.15) is 28.1 Å². The molecule has 0 atom stereocenters.